The first-order valence-corrected chi connectivity index (χ1v) is 29.4. The lowest BCUT2D eigenvalue weighted by molar-refractivity contribution is -0.141. The van der Waals surface area contributed by atoms with E-state index in [4.69, 9.17) is 5.11 Å². The lowest BCUT2D eigenvalue weighted by Gasteiger charge is -2.30. The van der Waals surface area contributed by atoms with Crippen LogP contribution in [0.5, 0.6) is 0 Å². The van der Waals surface area contributed by atoms with Crippen molar-refractivity contribution in [1.82, 2.24) is 52.8 Å². The van der Waals surface area contributed by atoms with Crippen LogP contribution in [-0.4, -0.2) is 163 Å². The summed E-state index contributed by atoms with van der Waals surface area (Å²) in [5.74, 6) is -5.53. The molecule has 0 spiro atoms. The van der Waals surface area contributed by atoms with Crippen molar-refractivity contribution in [3.63, 3.8) is 0 Å². The summed E-state index contributed by atoms with van der Waals surface area (Å²) < 4.78 is 0. The number of rotatable bonds is 34. The minimum Gasteiger partial charge on any atom is -0.481 e. The largest absolute Gasteiger partial charge is 0.481 e. The number of benzene rings is 3. The summed E-state index contributed by atoms with van der Waals surface area (Å²) in [6.07, 6.45) is 6.76. The molecule has 82 heavy (non-hydrogen) atoms. The van der Waals surface area contributed by atoms with Crippen LogP contribution >= 0.6 is 0 Å². The van der Waals surface area contributed by atoms with Crippen molar-refractivity contribution in [2.75, 3.05) is 65.4 Å². The molecule has 3 aromatic rings. The van der Waals surface area contributed by atoms with Gasteiger partial charge in [0, 0.05) is 90.5 Å². The van der Waals surface area contributed by atoms with Gasteiger partial charge in [-0.2, -0.15) is 0 Å². The van der Waals surface area contributed by atoms with Crippen LogP contribution in [0.1, 0.15) is 119 Å². The van der Waals surface area contributed by atoms with Crippen LogP contribution in [0.2, 0.25) is 0 Å². The molecule has 22 nitrogen and oxygen atoms in total. The van der Waals surface area contributed by atoms with E-state index in [1.807, 2.05) is 49.4 Å². The van der Waals surface area contributed by atoms with Gasteiger partial charge >= 0.3 is 23.9 Å². The number of aliphatic carboxylic acids is 3. The van der Waals surface area contributed by atoms with Crippen molar-refractivity contribution in [2.24, 2.45) is 11.8 Å². The Morgan fingerprint density at radius 3 is 1.82 bits per heavy atom. The van der Waals surface area contributed by atoms with Crippen molar-refractivity contribution in [2.45, 2.75) is 147 Å². The monoisotopic (exact) mass is 1140 g/mol. The van der Waals surface area contributed by atoms with Gasteiger partial charge < -0.3 is 68.1 Å². The third kappa shape index (κ3) is 25.3. The number of carbonyl (C=O) groups is 9. The number of hydrogen-bond donors (Lipinski definition) is 12. The van der Waals surface area contributed by atoms with Crippen LogP contribution < -0.4 is 47.9 Å². The highest BCUT2D eigenvalue weighted by molar-refractivity contribution is 5.90. The summed E-state index contributed by atoms with van der Waals surface area (Å²) in [6, 6.07) is 16.3. The lowest BCUT2D eigenvalue weighted by Crippen LogP contribution is -2.51. The fraction of sp³-hybridized carbons (Fsp3) is 0.583. The molecule has 1 saturated carbocycles. The molecule has 5 rings (SSSR count). The van der Waals surface area contributed by atoms with E-state index in [0.717, 1.165) is 75.0 Å². The van der Waals surface area contributed by atoms with Gasteiger partial charge in [0.25, 0.3) is 0 Å². The number of aryl methyl sites for hydroxylation is 2. The Hall–Kier alpha value is -7.17. The minimum absolute atomic E-state index is 0.0115. The van der Waals surface area contributed by atoms with E-state index in [2.05, 4.69) is 77.0 Å². The number of amides is 7. The SMILES string of the molecule is Cc1ccc(CCCC(=O)NCCCCC(NC(=O)CCCN2CCNCCNCC2)C(=O)NCC2CCC(C(=O)NC(Cc3ccc4ccccc4c3)C(=O)NCCCCC(NC(=O)NC(CCC(=O)O)C(=O)O)C(=O)O)CC2)cc1. The van der Waals surface area contributed by atoms with Crippen LogP contribution in [-0.2, 0) is 51.2 Å². The number of urea groups is 1. The first-order valence-electron chi connectivity index (χ1n) is 29.4. The van der Waals surface area contributed by atoms with Gasteiger partial charge in [-0.3, -0.25) is 28.8 Å². The minimum atomic E-state index is -1.54. The molecule has 1 aliphatic carbocycles. The maximum atomic E-state index is 14.0. The predicted octanol–water partition coefficient (Wildman–Crippen LogP) is 3.52. The van der Waals surface area contributed by atoms with Crippen molar-refractivity contribution in [3.05, 3.63) is 83.4 Å². The summed E-state index contributed by atoms with van der Waals surface area (Å²) in [5.41, 5.74) is 3.22. The fourth-order valence-electron chi connectivity index (χ4n) is 10.3. The van der Waals surface area contributed by atoms with Crippen LogP contribution in [0.4, 0.5) is 4.79 Å². The lowest BCUT2D eigenvalue weighted by atomic mass is 9.81. The number of nitrogens with one attached hydrogen (secondary N) is 9. The van der Waals surface area contributed by atoms with Crippen LogP contribution in [0.15, 0.2) is 66.7 Å². The number of carboxylic acid groups (broad SMARTS) is 3. The van der Waals surface area contributed by atoms with E-state index in [-0.39, 0.29) is 67.7 Å². The van der Waals surface area contributed by atoms with Gasteiger partial charge in [0.05, 0.1) is 0 Å². The Kier molecular flexibility index (Phi) is 29.1. The van der Waals surface area contributed by atoms with Crippen LogP contribution in [0.3, 0.4) is 0 Å². The average molecular weight is 1140 g/mol. The number of carbonyl (C=O) groups excluding carboxylic acids is 6. The van der Waals surface area contributed by atoms with Gasteiger partial charge in [0.2, 0.25) is 29.5 Å². The second-order valence-corrected chi connectivity index (χ2v) is 21.8. The standard InChI is InChI=1S/C60H88N10O12/c1-41-17-19-42(20-18-41)10-8-15-52(71)63-29-6-4-13-48(66-53(72)16-9-35-70-36-33-61-31-32-62-34-37-70)56(76)65-40-43-21-25-46(26-22-43)55(75)67-51(39-44-23-24-45-11-2-3-12-47(45)38-44)57(77)64-30-7-5-14-49(58(78)79)68-60(82)69-50(59(80)81)27-28-54(73)74/h2-3,11-12,17-20,23-24,38,43,46,48-51,61-62H,4-10,13-16,21-22,25-37,39-40H2,1H3,(H,63,71)(H,64,77)(H,65,76)(H,66,72)(H,67,75)(H,73,74)(H,78,79)(H,80,81)(H2,68,69,82). The van der Waals surface area contributed by atoms with Crippen LogP contribution in [0, 0.1) is 18.8 Å². The molecule has 1 aliphatic heterocycles. The molecule has 0 bridgehead atoms. The molecule has 7 amide bonds. The van der Waals surface area contributed by atoms with E-state index in [9.17, 15) is 53.4 Å². The van der Waals surface area contributed by atoms with E-state index in [1.165, 1.54) is 11.1 Å². The topological polar surface area (TPSA) is 326 Å². The van der Waals surface area contributed by atoms with Gasteiger partial charge in [0.1, 0.15) is 24.2 Å². The summed E-state index contributed by atoms with van der Waals surface area (Å²) in [7, 11) is 0. The average Bonchev–Trinajstić information content (AvgIpc) is 3.62. The molecule has 1 saturated heterocycles. The van der Waals surface area contributed by atoms with E-state index >= 15 is 0 Å². The van der Waals surface area contributed by atoms with Crippen molar-refractivity contribution in [1.29, 1.82) is 0 Å². The molecule has 0 radical (unpaired) electrons. The molecule has 0 aromatic heterocycles. The third-order valence-corrected chi connectivity index (χ3v) is 15.2. The normalized spacial score (nSPS) is 17.2. The number of unbranched alkanes of at least 4 members (excludes halogenated alkanes) is 2. The Morgan fingerprint density at radius 1 is 0.561 bits per heavy atom. The molecule has 3 aromatic carbocycles. The Morgan fingerprint density at radius 2 is 1.16 bits per heavy atom. The first-order chi connectivity index (χ1) is 39.5. The molecule has 4 unspecified atom stereocenters. The van der Waals surface area contributed by atoms with E-state index in [1.54, 1.807) is 0 Å². The van der Waals surface area contributed by atoms with Gasteiger partial charge in [-0.05, 0) is 131 Å². The molecule has 450 valence electrons. The molecule has 4 atom stereocenters. The molecule has 1 heterocycles. The van der Waals surface area contributed by atoms with E-state index < -0.39 is 66.9 Å². The highest BCUT2D eigenvalue weighted by Crippen LogP contribution is 2.29. The second-order valence-electron chi connectivity index (χ2n) is 21.8. The fourth-order valence-corrected chi connectivity index (χ4v) is 10.3. The van der Waals surface area contributed by atoms with Gasteiger partial charge in [0.15, 0.2) is 0 Å². The van der Waals surface area contributed by atoms with E-state index in [0.29, 0.717) is 77.3 Å². The number of hydrogen-bond acceptors (Lipinski definition) is 12. The second kappa shape index (κ2) is 36.3. The zero-order valence-corrected chi connectivity index (χ0v) is 47.6. The van der Waals surface area contributed by atoms with Gasteiger partial charge in [-0.25, -0.2) is 14.4 Å². The smallest absolute Gasteiger partial charge is 0.326 e. The quantitative estimate of drug-likeness (QED) is 0.0381. The third-order valence-electron chi connectivity index (χ3n) is 15.2. The maximum Gasteiger partial charge on any atom is 0.326 e. The number of nitrogens with zero attached hydrogens (tertiary/aromatic N) is 1. The predicted molar refractivity (Wildman–Crippen MR) is 311 cm³/mol. The molecule has 2 aliphatic rings. The molecule has 22 heteroatoms. The Labute approximate surface area is 481 Å². The zero-order valence-electron chi connectivity index (χ0n) is 47.6. The summed E-state index contributed by atoms with van der Waals surface area (Å²) >= 11 is 0. The molecular weight excluding hydrogens is 1050 g/mol. The number of carboxylic acids is 3. The molecule has 12 N–H and O–H groups in total. The highest BCUT2D eigenvalue weighted by Gasteiger charge is 2.31. The number of fused-ring (bicyclic) bond motifs is 1. The van der Waals surface area contributed by atoms with Crippen molar-refractivity contribution < 1.29 is 58.5 Å². The Bertz CT molecular complexity index is 2530. The summed E-state index contributed by atoms with van der Waals surface area (Å²) in [5, 5.41) is 56.1. The zero-order chi connectivity index (χ0) is 59.1. The first kappa shape index (κ1) is 65.6. The summed E-state index contributed by atoms with van der Waals surface area (Å²) in [4.78, 5) is 117. The molecular formula is C60H88N10O12. The van der Waals surface area contributed by atoms with Gasteiger partial charge in [-0.15, -0.1) is 0 Å². The van der Waals surface area contributed by atoms with Crippen molar-refractivity contribution in [3.8, 4) is 0 Å². The van der Waals surface area contributed by atoms with Gasteiger partial charge in [-0.1, -0.05) is 72.3 Å². The van der Waals surface area contributed by atoms with Crippen LogP contribution in [0.25, 0.3) is 10.8 Å². The maximum absolute atomic E-state index is 14.0. The molecule has 2 fully saturated rings. The highest BCUT2D eigenvalue weighted by atomic mass is 16.4. The van der Waals surface area contributed by atoms with Crippen molar-refractivity contribution >= 4 is 64.2 Å². The summed E-state index contributed by atoms with van der Waals surface area (Å²) in [6.45, 7) is 9.17. The Balaban J connectivity index is 1.10.